The zero-order valence-corrected chi connectivity index (χ0v) is 13.7. The minimum absolute atomic E-state index is 0.146. The summed E-state index contributed by atoms with van der Waals surface area (Å²) in [5.74, 6) is -1.95. The number of amides is 1. The van der Waals surface area contributed by atoms with Gasteiger partial charge in [-0.2, -0.15) is 13.2 Å². The highest BCUT2D eigenvalue weighted by Crippen LogP contribution is 2.36. The Balaban J connectivity index is 1.61. The maximum absolute atomic E-state index is 12.9. The van der Waals surface area contributed by atoms with Crippen molar-refractivity contribution in [3.8, 4) is 5.75 Å². The number of anilines is 1. The summed E-state index contributed by atoms with van der Waals surface area (Å²) >= 11 is 0. The number of carbonyl (C=O) groups excluding carboxylic acids is 2. The topological polar surface area (TPSA) is 55.4 Å². The van der Waals surface area contributed by atoms with E-state index in [9.17, 15) is 22.8 Å². The molecule has 1 aliphatic heterocycles. The second-order valence-electron chi connectivity index (χ2n) is 6.05. The van der Waals surface area contributed by atoms with Gasteiger partial charge in [0.25, 0.3) is 0 Å². The van der Waals surface area contributed by atoms with Crippen LogP contribution in [0.4, 0.5) is 18.9 Å². The highest BCUT2D eigenvalue weighted by molar-refractivity contribution is 5.95. The normalized spacial score (nSPS) is 16.6. The number of esters is 1. The quantitative estimate of drug-likeness (QED) is 0.654. The molecule has 0 spiro atoms. The minimum Gasteiger partial charge on any atom is -0.426 e. The van der Waals surface area contributed by atoms with Gasteiger partial charge in [-0.1, -0.05) is 30.3 Å². The van der Waals surface area contributed by atoms with Crippen molar-refractivity contribution in [1.82, 2.24) is 0 Å². The molecular formula is C19H16F3NO3. The van der Waals surface area contributed by atoms with E-state index >= 15 is 0 Å². The fourth-order valence-electron chi connectivity index (χ4n) is 2.90. The van der Waals surface area contributed by atoms with Crippen LogP contribution in [0.3, 0.4) is 0 Å². The zero-order chi connectivity index (χ0) is 18.7. The van der Waals surface area contributed by atoms with E-state index in [0.29, 0.717) is 6.42 Å². The summed E-state index contributed by atoms with van der Waals surface area (Å²) in [5.41, 5.74) is 0.709. The number of hydrogen-bond acceptors (Lipinski definition) is 3. The molecule has 1 amide bonds. The maximum atomic E-state index is 12.9. The Morgan fingerprint density at radius 1 is 1.12 bits per heavy atom. The second-order valence-corrected chi connectivity index (χ2v) is 6.05. The Kier molecular flexibility index (Phi) is 4.97. The minimum atomic E-state index is -4.61. The number of halogens is 3. The van der Waals surface area contributed by atoms with Crippen LogP contribution >= 0.6 is 0 Å². The van der Waals surface area contributed by atoms with Gasteiger partial charge < -0.3 is 10.1 Å². The SMILES string of the molecule is O=C(CCC1Cc2ccccc2NC1=O)Oc1ccccc1C(F)(F)F. The number of fused-ring (bicyclic) bond motifs is 1. The zero-order valence-electron chi connectivity index (χ0n) is 13.7. The Morgan fingerprint density at radius 2 is 1.81 bits per heavy atom. The lowest BCUT2D eigenvalue weighted by atomic mass is 9.90. The number of nitrogens with one attached hydrogen (secondary N) is 1. The van der Waals surface area contributed by atoms with Crippen LogP contribution in [0.2, 0.25) is 0 Å². The summed E-state index contributed by atoms with van der Waals surface area (Å²) in [4.78, 5) is 24.1. The van der Waals surface area contributed by atoms with Gasteiger partial charge in [0, 0.05) is 18.0 Å². The predicted molar refractivity (Wildman–Crippen MR) is 88.6 cm³/mol. The lowest BCUT2D eigenvalue weighted by Crippen LogP contribution is -2.30. The van der Waals surface area contributed by atoms with E-state index in [4.69, 9.17) is 4.74 Å². The van der Waals surface area contributed by atoms with Crippen LogP contribution in [-0.2, 0) is 22.2 Å². The van der Waals surface area contributed by atoms with Crippen LogP contribution in [0.15, 0.2) is 48.5 Å². The van der Waals surface area contributed by atoms with Crippen molar-refractivity contribution < 1.29 is 27.5 Å². The smallest absolute Gasteiger partial charge is 0.419 e. The van der Waals surface area contributed by atoms with Crippen molar-refractivity contribution in [2.75, 3.05) is 5.32 Å². The van der Waals surface area contributed by atoms with Crippen molar-refractivity contribution in [2.24, 2.45) is 5.92 Å². The fraction of sp³-hybridized carbons (Fsp3) is 0.263. The molecule has 0 bridgehead atoms. The van der Waals surface area contributed by atoms with Crippen molar-refractivity contribution in [3.63, 3.8) is 0 Å². The third-order valence-electron chi connectivity index (χ3n) is 4.23. The first kappa shape index (κ1) is 18.0. The third-order valence-corrected chi connectivity index (χ3v) is 4.23. The summed E-state index contributed by atoms with van der Waals surface area (Å²) < 4.78 is 43.6. The van der Waals surface area contributed by atoms with Gasteiger partial charge in [0.2, 0.25) is 5.91 Å². The summed E-state index contributed by atoms with van der Waals surface area (Å²) in [6, 6.07) is 11.9. The first-order chi connectivity index (χ1) is 12.3. The van der Waals surface area contributed by atoms with E-state index in [1.807, 2.05) is 18.2 Å². The van der Waals surface area contributed by atoms with Crippen LogP contribution in [0.5, 0.6) is 5.75 Å². The molecule has 0 saturated carbocycles. The summed E-state index contributed by atoms with van der Waals surface area (Å²) in [7, 11) is 0. The van der Waals surface area contributed by atoms with Crippen molar-refractivity contribution in [1.29, 1.82) is 0 Å². The molecule has 3 rings (SSSR count). The largest absolute Gasteiger partial charge is 0.426 e. The van der Waals surface area contributed by atoms with E-state index in [2.05, 4.69) is 5.32 Å². The highest BCUT2D eigenvalue weighted by atomic mass is 19.4. The lowest BCUT2D eigenvalue weighted by Gasteiger charge is -2.24. The van der Waals surface area contributed by atoms with Gasteiger partial charge in [-0.3, -0.25) is 9.59 Å². The maximum Gasteiger partial charge on any atom is 0.419 e. The second kappa shape index (κ2) is 7.19. The van der Waals surface area contributed by atoms with Gasteiger partial charge in [-0.05, 0) is 36.6 Å². The number of rotatable bonds is 4. The van der Waals surface area contributed by atoms with Gasteiger partial charge in [0.05, 0.1) is 5.56 Å². The van der Waals surface area contributed by atoms with Crippen LogP contribution in [0, 0.1) is 5.92 Å². The van der Waals surface area contributed by atoms with E-state index in [0.717, 1.165) is 23.4 Å². The van der Waals surface area contributed by atoms with Gasteiger partial charge >= 0.3 is 12.1 Å². The third kappa shape index (κ3) is 4.04. The molecule has 7 heteroatoms. The molecule has 0 aromatic heterocycles. The number of alkyl halides is 3. The van der Waals surface area contributed by atoms with Gasteiger partial charge in [-0.25, -0.2) is 0 Å². The monoisotopic (exact) mass is 363 g/mol. The molecule has 0 fully saturated rings. The first-order valence-electron chi connectivity index (χ1n) is 8.10. The van der Waals surface area contributed by atoms with Crippen LogP contribution in [0.25, 0.3) is 0 Å². The molecule has 4 nitrogen and oxygen atoms in total. The van der Waals surface area contributed by atoms with Crippen molar-refractivity contribution in [2.45, 2.75) is 25.4 Å². The van der Waals surface area contributed by atoms with Gasteiger partial charge in [0.15, 0.2) is 0 Å². The van der Waals surface area contributed by atoms with Crippen LogP contribution < -0.4 is 10.1 Å². The standard InChI is InChI=1S/C19H16F3NO3/c20-19(21,22)14-6-2-4-8-16(14)26-17(24)10-9-13-11-12-5-1-3-7-15(12)23-18(13)25/h1-8,13H,9-11H2,(H,23,25). The summed E-state index contributed by atoms with van der Waals surface area (Å²) in [6.07, 6.45) is -4.07. The van der Waals surface area contributed by atoms with Crippen LogP contribution in [-0.4, -0.2) is 11.9 Å². The number of ether oxygens (including phenoxy) is 1. The number of carbonyl (C=O) groups is 2. The van der Waals surface area contributed by atoms with Crippen LogP contribution in [0.1, 0.15) is 24.0 Å². The molecule has 1 unspecified atom stereocenters. The van der Waals surface area contributed by atoms with Gasteiger partial charge in [-0.15, -0.1) is 0 Å². The van der Waals surface area contributed by atoms with Gasteiger partial charge in [0.1, 0.15) is 5.75 Å². The Bertz CT molecular complexity index is 833. The molecule has 1 atom stereocenters. The highest BCUT2D eigenvalue weighted by Gasteiger charge is 2.34. The summed E-state index contributed by atoms with van der Waals surface area (Å²) in [5, 5.41) is 2.77. The molecule has 1 heterocycles. The number of benzene rings is 2. The molecule has 2 aromatic carbocycles. The van der Waals surface area contributed by atoms with Crippen molar-refractivity contribution in [3.05, 3.63) is 59.7 Å². The fourth-order valence-corrected chi connectivity index (χ4v) is 2.90. The number of para-hydroxylation sites is 2. The molecular weight excluding hydrogens is 347 g/mol. The molecule has 136 valence electrons. The molecule has 26 heavy (non-hydrogen) atoms. The van der Waals surface area contributed by atoms with E-state index in [-0.39, 0.29) is 18.7 Å². The average molecular weight is 363 g/mol. The Hall–Kier alpha value is -2.83. The molecule has 2 aromatic rings. The lowest BCUT2D eigenvalue weighted by molar-refractivity contribution is -0.142. The molecule has 1 N–H and O–H groups in total. The molecule has 0 saturated heterocycles. The number of hydrogen-bond donors (Lipinski definition) is 1. The van der Waals surface area contributed by atoms with E-state index in [1.54, 1.807) is 6.07 Å². The first-order valence-corrected chi connectivity index (χ1v) is 8.10. The van der Waals surface area contributed by atoms with E-state index in [1.165, 1.54) is 12.1 Å². The Labute approximate surface area is 148 Å². The van der Waals surface area contributed by atoms with E-state index < -0.39 is 29.4 Å². The average Bonchev–Trinajstić information content (AvgIpc) is 2.59. The predicted octanol–water partition coefficient (Wildman–Crippen LogP) is 4.20. The molecule has 1 aliphatic rings. The summed E-state index contributed by atoms with van der Waals surface area (Å²) in [6.45, 7) is 0. The molecule has 0 aliphatic carbocycles. The molecule has 0 radical (unpaired) electrons. The van der Waals surface area contributed by atoms with Crippen molar-refractivity contribution >= 4 is 17.6 Å². The Morgan fingerprint density at radius 3 is 2.58 bits per heavy atom.